The lowest BCUT2D eigenvalue weighted by Crippen LogP contribution is -2.42. The van der Waals surface area contributed by atoms with E-state index in [0.29, 0.717) is 25.3 Å². The van der Waals surface area contributed by atoms with E-state index in [1.165, 1.54) is 6.07 Å². The van der Waals surface area contributed by atoms with Gasteiger partial charge in [0.15, 0.2) is 0 Å². The second-order valence-corrected chi connectivity index (χ2v) is 5.79. The minimum atomic E-state index is -2.84. The minimum Gasteiger partial charge on any atom is -0.434 e. The van der Waals surface area contributed by atoms with Crippen LogP contribution in [0.4, 0.5) is 8.78 Å². The van der Waals surface area contributed by atoms with Crippen LogP contribution in [0.25, 0.3) is 0 Å². The first-order chi connectivity index (χ1) is 10.6. The third kappa shape index (κ3) is 4.38. The Morgan fingerprint density at radius 1 is 1.32 bits per heavy atom. The summed E-state index contributed by atoms with van der Waals surface area (Å²) in [6.45, 7) is 1.04. The van der Waals surface area contributed by atoms with Crippen LogP contribution in [-0.2, 0) is 4.74 Å². The van der Waals surface area contributed by atoms with Gasteiger partial charge < -0.3 is 19.9 Å². The van der Waals surface area contributed by atoms with Crippen molar-refractivity contribution < 1.29 is 23.4 Å². The number of aliphatic hydroxyl groups excluding tert-OH is 1. The molecule has 22 heavy (non-hydrogen) atoms. The number of hydrogen-bond donors (Lipinski definition) is 2. The Kier molecular flexibility index (Phi) is 6.11. The molecule has 1 aliphatic heterocycles. The number of rotatable bonds is 7. The van der Waals surface area contributed by atoms with Crippen LogP contribution in [0.5, 0.6) is 5.75 Å². The van der Waals surface area contributed by atoms with Gasteiger partial charge in [0, 0.05) is 36.8 Å². The number of alkyl halides is 2. The van der Waals surface area contributed by atoms with Crippen molar-refractivity contribution in [3.8, 4) is 5.75 Å². The summed E-state index contributed by atoms with van der Waals surface area (Å²) in [6.07, 6.45) is 1.58. The fourth-order valence-corrected chi connectivity index (χ4v) is 2.72. The Labute approximate surface area is 129 Å². The average molecular weight is 315 g/mol. The maximum atomic E-state index is 12.5. The molecule has 1 fully saturated rings. The largest absolute Gasteiger partial charge is 0.434 e. The second kappa shape index (κ2) is 7.85. The Morgan fingerprint density at radius 3 is 2.64 bits per heavy atom. The molecule has 6 heteroatoms. The number of hydrogen-bond acceptors (Lipinski definition) is 4. The first-order valence-corrected chi connectivity index (χ1v) is 7.52. The molecule has 0 bridgehead atoms. The molecule has 4 nitrogen and oxygen atoms in total. The lowest BCUT2D eigenvalue weighted by molar-refractivity contribution is -0.0508. The molecule has 1 unspecified atom stereocenters. The van der Waals surface area contributed by atoms with E-state index in [-0.39, 0.29) is 23.8 Å². The predicted octanol–water partition coefficient (Wildman–Crippen LogP) is 2.73. The zero-order valence-electron chi connectivity index (χ0n) is 12.7. The standard InChI is InChI=1S/C16H23F2NO3/c1-12(13-4-2-3-5-14(13)22-15(17)18)19-10-16(11-20)6-8-21-9-7-16/h2-5,12,15,19-20H,6-11H2,1H3. The second-order valence-electron chi connectivity index (χ2n) is 5.79. The van der Waals surface area contributed by atoms with Crippen molar-refractivity contribution in [2.75, 3.05) is 26.4 Å². The highest BCUT2D eigenvalue weighted by Crippen LogP contribution is 2.31. The van der Waals surface area contributed by atoms with Crippen molar-refractivity contribution >= 4 is 0 Å². The molecular formula is C16H23F2NO3. The molecule has 124 valence electrons. The number of para-hydroxylation sites is 1. The Balaban J connectivity index is 2.01. The fraction of sp³-hybridized carbons (Fsp3) is 0.625. The summed E-state index contributed by atoms with van der Waals surface area (Å²) in [6, 6.07) is 6.62. The van der Waals surface area contributed by atoms with Crippen molar-refractivity contribution in [2.24, 2.45) is 5.41 Å². The molecule has 1 aromatic rings. The summed E-state index contributed by atoms with van der Waals surface area (Å²) in [5.74, 6) is 0.183. The zero-order chi connectivity index (χ0) is 16.0. The fourth-order valence-electron chi connectivity index (χ4n) is 2.72. The van der Waals surface area contributed by atoms with Crippen molar-refractivity contribution in [1.82, 2.24) is 5.32 Å². The van der Waals surface area contributed by atoms with Gasteiger partial charge in [0.25, 0.3) is 0 Å². The summed E-state index contributed by atoms with van der Waals surface area (Å²) in [5, 5.41) is 13.0. The van der Waals surface area contributed by atoms with Gasteiger partial charge in [-0.25, -0.2) is 0 Å². The number of benzene rings is 1. The molecule has 0 saturated carbocycles. The SMILES string of the molecule is CC(NCC1(CO)CCOCC1)c1ccccc1OC(F)F. The van der Waals surface area contributed by atoms with Crippen molar-refractivity contribution in [3.05, 3.63) is 29.8 Å². The van der Waals surface area contributed by atoms with Crippen LogP contribution < -0.4 is 10.1 Å². The van der Waals surface area contributed by atoms with E-state index in [0.717, 1.165) is 12.8 Å². The highest BCUT2D eigenvalue weighted by atomic mass is 19.3. The zero-order valence-corrected chi connectivity index (χ0v) is 12.7. The molecule has 0 radical (unpaired) electrons. The molecule has 0 spiro atoms. The van der Waals surface area contributed by atoms with Gasteiger partial charge >= 0.3 is 6.61 Å². The van der Waals surface area contributed by atoms with E-state index in [1.54, 1.807) is 18.2 Å². The summed E-state index contributed by atoms with van der Waals surface area (Å²) in [7, 11) is 0. The van der Waals surface area contributed by atoms with E-state index in [4.69, 9.17) is 4.74 Å². The van der Waals surface area contributed by atoms with Crippen LogP contribution in [0, 0.1) is 5.41 Å². The smallest absolute Gasteiger partial charge is 0.387 e. The molecular weight excluding hydrogens is 292 g/mol. The Hall–Kier alpha value is -1.24. The van der Waals surface area contributed by atoms with Gasteiger partial charge in [-0.15, -0.1) is 0 Å². The van der Waals surface area contributed by atoms with Gasteiger partial charge in [-0.3, -0.25) is 0 Å². The number of halogens is 2. The van der Waals surface area contributed by atoms with E-state index in [9.17, 15) is 13.9 Å². The van der Waals surface area contributed by atoms with Crippen LogP contribution in [0.3, 0.4) is 0 Å². The summed E-state index contributed by atoms with van der Waals surface area (Å²) >= 11 is 0. The Bertz CT molecular complexity index is 464. The van der Waals surface area contributed by atoms with E-state index < -0.39 is 6.61 Å². The summed E-state index contributed by atoms with van der Waals surface area (Å²) < 4.78 is 34.8. The average Bonchev–Trinajstić information content (AvgIpc) is 2.53. The topological polar surface area (TPSA) is 50.7 Å². The molecule has 2 N–H and O–H groups in total. The molecule has 0 amide bonds. The van der Waals surface area contributed by atoms with Crippen LogP contribution in [-0.4, -0.2) is 38.1 Å². The van der Waals surface area contributed by atoms with Crippen molar-refractivity contribution in [1.29, 1.82) is 0 Å². The van der Waals surface area contributed by atoms with Gasteiger partial charge in [0.05, 0.1) is 6.61 Å². The maximum Gasteiger partial charge on any atom is 0.387 e. The van der Waals surface area contributed by atoms with Crippen LogP contribution in [0.2, 0.25) is 0 Å². The molecule has 1 aromatic carbocycles. The Morgan fingerprint density at radius 2 is 2.00 bits per heavy atom. The normalized spacial score (nSPS) is 19.1. The number of nitrogens with one attached hydrogen (secondary N) is 1. The lowest BCUT2D eigenvalue weighted by Gasteiger charge is -2.36. The monoisotopic (exact) mass is 315 g/mol. The van der Waals surface area contributed by atoms with E-state index in [2.05, 4.69) is 10.1 Å². The molecule has 2 rings (SSSR count). The number of aliphatic hydroxyl groups is 1. The van der Waals surface area contributed by atoms with E-state index >= 15 is 0 Å². The molecule has 1 aliphatic rings. The predicted molar refractivity (Wildman–Crippen MR) is 79.1 cm³/mol. The van der Waals surface area contributed by atoms with Crippen LogP contribution in [0.15, 0.2) is 24.3 Å². The molecule has 1 atom stereocenters. The van der Waals surface area contributed by atoms with Crippen molar-refractivity contribution in [2.45, 2.75) is 32.4 Å². The molecule has 1 heterocycles. The minimum absolute atomic E-state index is 0.0886. The third-order valence-corrected chi connectivity index (χ3v) is 4.27. The maximum absolute atomic E-state index is 12.5. The van der Waals surface area contributed by atoms with Crippen LogP contribution >= 0.6 is 0 Å². The number of ether oxygens (including phenoxy) is 2. The first-order valence-electron chi connectivity index (χ1n) is 7.52. The van der Waals surface area contributed by atoms with Crippen LogP contribution in [0.1, 0.15) is 31.4 Å². The quantitative estimate of drug-likeness (QED) is 0.812. The van der Waals surface area contributed by atoms with Gasteiger partial charge in [-0.2, -0.15) is 8.78 Å². The molecule has 0 aromatic heterocycles. The van der Waals surface area contributed by atoms with E-state index in [1.807, 2.05) is 6.92 Å². The summed E-state index contributed by atoms with van der Waals surface area (Å²) in [5.41, 5.74) is 0.480. The lowest BCUT2D eigenvalue weighted by atomic mass is 9.80. The van der Waals surface area contributed by atoms with Crippen molar-refractivity contribution in [3.63, 3.8) is 0 Å². The van der Waals surface area contributed by atoms with Gasteiger partial charge in [0.2, 0.25) is 0 Å². The van der Waals surface area contributed by atoms with Gasteiger partial charge in [-0.1, -0.05) is 18.2 Å². The summed E-state index contributed by atoms with van der Waals surface area (Å²) in [4.78, 5) is 0. The first kappa shape index (κ1) is 17.1. The molecule has 0 aliphatic carbocycles. The van der Waals surface area contributed by atoms with Gasteiger partial charge in [-0.05, 0) is 25.8 Å². The van der Waals surface area contributed by atoms with Gasteiger partial charge in [0.1, 0.15) is 5.75 Å². The highest BCUT2D eigenvalue weighted by molar-refractivity contribution is 5.35. The highest BCUT2D eigenvalue weighted by Gasteiger charge is 2.32. The molecule has 1 saturated heterocycles. The third-order valence-electron chi connectivity index (χ3n) is 4.27.